The Morgan fingerprint density at radius 1 is 1.35 bits per heavy atom. The van der Waals surface area contributed by atoms with E-state index in [0.29, 0.717) is 30.2 Å². The molecule has 5 N–H and O–H groups in total. The number of aromatic nitrogens is 1. The molecule has 1 aromatic rings. The molecule has 17 heteroatoms. The van der Waals surface area contributed by atoms with Gasteiger partial charge in [-0.2, -0.15) is 9.28 Å². The number of amides is 3. The molecule has 0 aliphatic carbocycles. The summed E-state index contributed by atoms with van der Waals surface area (Å²) < 4.78 is -0.201. The maximum atomic E-state index is 13.1. The van der Waals surface area contributed by atoms with Crippen LogP contribution in [0.5, 0.6) is 0 Å². The Morgan fingerprint density at radius 3 is 2.65 bits per heavy atom. The molecule has 1 saturated heterocycles. The third kappa shape index (κ3) is 6.42. The van der Waals surface area contributed by atoms with Crippen molar-refractivity contribution in [2.45, 2.75) is 25.3 Å². The molecule has 0 radical (unpaired) electrons. The summed E-state index contributed by atoms with van der Waals surface area (Å²) in [6.07, 6.45) is 4.23. The van der Waals surface area contributed by atoms with Crippen molar-refractivity contribution >= 4 is 99.1 Å². The molecule has 1 aromatic heterocycles. The number of hydrogen-bond donors (Lipinski definition) is 4. The van der Waals surface area contributed by atoms with Crippen molar-refractivity contribution in [1.82, 2.24) is 15.2 Å². The van der Waals surface area contributed by atoms with E-state index in [9.17, 15) is 29.4 Å². The third-order valence-corrected chi connectivity index (χ3v) is 9.44. The molecule has 3 aliphatic rings. The van der Waals surface area contributed by atoms with Crippen LogP contribution in [0, 0.1) is 0 Å². The van der Waals surface area contributed by atoms with E-state index >= 15 is 0 Å². The number of hydrogen-bond acceptors (Lipinski definition) is 11. The molecule has 1 fully saturated rings. The number of likely N-dealkylation sites (N-methyl/N-ethyl adjacent to an activating group) is 1. The molecule has 4 rings (SSSR count). The number of carbonyl (C=O) groups is 4. The number of rotatable bonds is 10. The van der Waals surface area contributed by atoms with Gasteiger partial charge in [-0.3, -0.25) is 14.5 Å². The monoisotopic (exact) mass is 619 g/mol. The standard InChI is InChI=1S/C23H26N6O7S3.Na.H/c1-3-29(23(34)35)7-5-13(6-8-29)37-9-12-10-38-20-16(19(31)28(20)17(12)21(32)33)26-18(30)15(27-36-4-2)14-11-39-22(24)25-14;;/h5-7,11,16,20H,3-4,8-10H2,1-2H3,(H4-,24,25,26,30,32,33,34,35);;/p+1/b27-15-;;/t16-,20-,29?;;/m1../s1. The van der Waals surface area contributed by atoms with E-state index in [-0.39, 0.29) is 62.9 Å². The number of nitrogens with zero attached hydrogens (tertiary/aromatic N) is 4. The first-order valence-corrected chi connectivity index (χ1v) is 14.8. The van der Waals surface area contributed by atoms with E-state index in [1.54, 1.807) is 31.5 Å². The van der Waals surface area contributed by atoms with Gasteiger partial charge in [-0.25, -0.2) is 9.78 Å². The van der Waals surface area contributed by atoms with Gasteiger partial charge in [0.15, 0.2) is 10.8 Å². The van der Waals surface area contributed by atoms with Gasteiger partial charge >= 0.3 is 41.6 Å². The van der Waals surface area contributed by atoms with Crippen molar-refractivity contribution in [3.63, 3.8) is 0 Å². The molecule has 3 aliphatic heterocycles. The van der Waals surface area contributed by atoms with E-state index in [1.807, 2.05) is 6.08 Å². The number of quaternary nitrogens is 1. The van der Waals surface area contributed by atoms with Crippen molar-refractivity contribution in [3.05, 3.63) is 45.6 Å². The number of aliphatic carboxylic acids is 1. The first kappa shape index (κ1) is 32.2. The summed E-state index contributed by atoms with van der Waals surface area (Å²) in [5.74, 6) is -1.80. The van der Waals surface area contributed by atoms with Crippen LogP contribution >= 0.6 is 34.9 Å². The van der Waals surface area contributed by atoms with Crippen LogP contribution in [0.3, 0.4) is 0 Å². The van der Waals surface area contributed by atoms with Gasteiger partial charge in [0.2, 0.25) is 0 Å². The van der Waals surface area contributed by atoms with Crippen molar-refractivity contribution in [2.24, 2.45) is 5.16 Å². The second kappa shape index (κ2) is 13.5. The van der Waals surface area contributed by atoms with Crippen LogP contribution < -0.4 is 11.1 Å². The minimum absolute atomic E-state index is 0. The molecule has 3 amide bonds. The number of nitrogens with one attached hydrogen (secondary N) is 1. The van der Waals surface area contributed by atoms with Crippen LogP contribution in [0.4, 0.5) is 9.93 Å². The first-order chi connectivity index (χ1) is 18.6. The Labute approximate surface area is 264 Å². The van der Waals surface area contributed by atoms with Crippen LogP contribution in [0.15, 0.2) is 45.1 Å². The van der Waals surface area contributed by atoms with Crippen LogP contribution in [-0.4, -0.2) is 126 Å². The van der Waals surface area contributed by atoms with E-state index in [1.165, 1.54) is 28.4 Å². The topological polar surface area (TPSA) is 185 Å². The number of nitrogen functional groups attached to an aromatic ring is 1. The number of allylic oxidation sites excluding steroid dienone is 1. The van der Waals surface area contributed by atoms with Gasteiger partial charge in [0.05, 0.1) is 6.54 Å². The van der Waals surface area contributed by atoms with Crippen LogP contribution in [0.2, 0.25) is 0 Å². The Kier molecular flexibility index (Phi) is 10.9. The molecule has 0 aromatic carbocycles. The summed E-state index contributed by atoms with van der Waals surface area (Å²) in [5.41, 5.74) is 6.22. The summed E-state index contributed by atoms with van der Waals surface area (Å²) in [7, 11) is 0. The molecule has 210 valence electrons. The number of β-lactam (4-membered cyclic amide) rings is 1. The van der Waals surface area contributed by atoms with Gasteiger partial charge < -0.3 is 26.1 Å². The molecule has 0 bridgehead atoms. The minimum atomic E-state index is -1.23. The molecule has 0 spiro atoms. The number of carboxylic acids is 1. The summed E-state index contributed by atoms with van der Waals surface area (Å²) in [6, 6.07) is -0.950. The summed E-state index contributed by atoms with van der Waals surface area (Å²) in [4.78, 5) is 61.0. The number of fused-ring (bicyclic) bond motifs is 1. The van der Waals surface area contributed by atoms with Gasteiger partial charge in [0.1, 0.15) is 42.2 Å². The van der Waals surface area contributed by atoms with Crippen LogP contribution in [0.25, 0.3) is 0 Å². The Bertz CT molecular complexity index is 1330. The number of carbonyl (C=O) groups excluding carboxylic acids is 2. The molecule has 13 nitrogen and oxygen atoms in total. The molecule has 0 saturated carbocycles. The molecular formula is C23H28N6NaO7S3+. The predicted molar refractivity (Wildman–Crippen MR) is 155 cm³/mol. The number of nitrogens with two attached hydrogens (primary N) is 1. The van der Waals surface area contributed by atoms with Crippen LogP contribution in [-0.2, 0) is 19.2 Å². The molecule has 1 unspecified atom stereocenters. The van der Waals surface area contributed by atoms with Crippen LogP contribution in [0.1, 0.15) is 19.5 Å². The fourth-order valence-corrected chi connectivity index (χ4v) is 7.07. The predicted octanol–water partition coefficient (Wildman–Crippen LogP) is 1.22. The third-order valence-electron chi connectivity index (χ3n) is 6.30. The Balaban J connectivity index is 0.00000441. The fourth-order valence-electron chi connectivity index (χ4n) is 4.12. The van der Waals surface area contributed by atoms with Crippen molar-refractivity contribution < 1.29 is 38.7 Å². The fraction of sp³-hybridized carbons (Fsp3) is 0.391. The average molecular weight is 620 g/mol. The summed E-state index contributed by atoms with van der Waals surface area (Å²) in [5, 5.41) is 27.1. The molecule has 3 atom stereocenters. The normalized spacial score (nSPS) is 23.9. The Morgan fingerprint density at radius 2 is 2.10 bits per heavy atom. The SMILES string of the molecule is CCO/N=C(\C(=O)N[C@@H]1C(=O)N2C(C(=O)O)=C(CSC3=CC[N+](CC)(C(=O)O)C=C3)CS[C@H]12)c1csc(N)n1.[NaH]. The second-order valence-electron chi connectivity index (χ2n) is 8.57. The number of carboxylic acid groups (broad SMARTS) is 2. The summed E-state index contributed by atoms with van der Waals surface area (Å²) >= 11 is 3.86. The summed E-state index contributed by atoms with van der Waals surface area (Å²) in [6.45, 7) is 4.40. The first-order valence-electron chi connectivity index (χ1n) is 11.9. The van der Waals surface area contributed by atoms with Gasteiger partial charge in [-0.05, 0) is 25.5 Å². The number of oxime groups is 1. The molecule has 4 heterocycles. The quantitative estimate of drug-likeness (QED) is 0.0971. The van der Waals surface area contributed by atoms with Gasteiger partial charge in [-0.15, -0.1) is 34.9 Å². The van der Waals surface area contributed by atoms with Crippen molar-refractivity contribution in [3.8, 4) is 0 Å². The van der Waals surface area contributed by atoms with Gasteiger partial charge in [0, 0.05) is 27.9 Å². The molecule has 40 heavy (non-hydrogen) atoms. The van der Waals surface area contributed by atoms with E-state index in [0.717, 1.165) is 16.2 Å². The second-order valence-corrected chi connectivity index (χ2v) is 11.6. The van der Waals surface area contributed by atoms with Crippen molar-refractivity contribution in [1.29, 1.82) is 0 Å². The number of thiazole rings is 1. The zero-order chi connectivity index (χ0) is 28.3. The number of anilines is 1. The van der Waals surface area contributed by atoms with E-state index in [2.05, 4.69) is 15.5 Å². The van der Waals surface area contributed by atoms with E-state index < -0.39 is 35.3 Å². The van der Waals surface area contributed by atoms with E-state index in [4.69, 9.17) is 10.6 Å². The molecular weight excluding hydrogens is 591 g/mol. The average Bonchev–Trinajstić information content (AvgIpc) is 3.35. The zero-order valence-corrected chi connectivity index (χ0v) is 23.5. The maximum absolute atomic E-state index is 13.1. The van der Waals surface area contributed by atoms with Gasteiger partial charge in [-0.1, -0.05) is 5.16 Å². The van der Waals surface area contributed by atoms with Gasteiger partial charge in [0.25, 0.3) is 11.8 Å². The Hall–Kier alpha value is -2.34. The number of thioether (sulfide) groups is 2. The zero-order valence-electron chi connectivity index (χ0n) is 21.0. The van der Waals surface area contributed by atoms with Crippen molar-refractivity contribution in [2.75, 3.05) is 36.9 Å².